The maximum absolute atomic E-state index is 8.52. The van der Waals surface area contributed by atoms with Crippen LogP contribution in [0.15, 0.2) is 24.3 Å². The molecule has 0 bridgehead atoms. The van der Waals surface area contributed by atoms with Gasteiger partial charge in [0.2, 0.25) is 11.8 Å². The minimum atomic E-state index is -0.0282. The third kappa shape index (κ3) is 3.45. The molecule has 1 aromatic carbocycles. The van der Waals surface area contributed by atoms with Crippen LogP contribution < -0.4 is 10.1 Å². The molecule has 1 aromatic heterocycles. The van der Waals surface area contributed by atoms with Gasteiger partial charge in [-0.25, -0.2) is 4.98 Å². The second-order valence-electron chi connectivity index (χ2n) is 4.54. The first-order valence-corrected chi connectivity index (χ1v) is 6.28. The number of hydrogen-bond donors (Lipinski definition) is 1. The lowest BCUT2D eigenvalue weighted by Gasteiger charge is -2.09. The van der Waals surface area contributed by atoms with E-state index in [0.29, 0.717) is 11.8 Å². The molecule has 0 aliphatic rings. The Morgan fingerprint density at radius 1 is 1.15 bits per heavy atom. The van der Waals surface area contributed by atoms with Crippen LogP contribution in [-0.2, 0) is 0 Å². The number of aryl methyl sites for hydroxylation is 3. The number of rotatable bonds is 4. The SMILES string of the molecule is Cc1cc(OCC#N)nc(Nc2ccc(C)c(C)c2)n1. The van der Waals surface area contributed by atoms with Crippen molar-refractivity contribution in [2.24, 2.45) is 0 Å². The van der Waals surface area contributed by atoms with E-state index in [1.165, 1.54) is 11.1 Å². The smallest absolute Gasteiger partial charge is 0.230 e. The predicted octanol–water partition coefficient (Wildman–Crippen LogP) is 3.05. The van der Waals surface area contributed by atoms with Crippen LogP contribution in [0.1, 0.15) is 16.8 Å². The second-order valence-corrected chi connectivity index (χ2v) is 4.54. The summed E-state index contributed by atoms with van der Waals surface area (Å²) in [5.74, 6) is 0.853. The van der Waals surface area contributed by atoms with Gasteiger partial charge in [-0.15, -0.1) is 0 Å². The molecule has 0 amide bonds. The quantitative estimate of drug-likeness (QED) is 0.922. The third-order valence-electron chi connectivity index (χ3n) is 2.88. The fourth-order valence-corrected chi connectivity index (χ4v) is 1.72. The van der Waals surface area contributed by atoms with E-state index in [9.17, 15) is 0 Å². The maximum atomic E-state index is 8.52. The Hall–Kier alpha value is -2.61. The first-order chi connectivity index (χ1) is 9.58. The lowest BCUT2D eigenvalue weighted by Crippen LogP contribution is -2.03. The first kappa shape index (κ1) is 13.8. The first-order valence-electron chi connectivity index (χ1n) is 6.28. The molecule has 0 aliphatic carbocycles. The number of nitrogens with one attached hydrogen (secondary N) is 1. The van der Waals surface area contributed by atoms with Crippen molar-refractivity contribution in [1.82, 2.24) is 9.97 Å². The van der Waals surface area contributed by atoms with Gasteiger partial charge in [-0.3, -0.25) is 0 Å². The molecule has 20 heavy (non-hydrogen) atoms. The zero-order valence-corrected chi connectivity index (χ0v) is 11.8. The fourth-order valence-electron chi connectivity index (χ4n) is 1.72. The van der Waals surface area contributed by atoms with Crippen molar-refractivity contribution in [3.8, 4) is 11.9 Å². The fraction of sp³-hybridized carbons (Fsp3) is 0.267. The van der Waals surface area contributed by atoms with E-state index in [1.54, 1.807) is 6.07 Å². The van der Waals surface area contributed by atoms with Crippen LogP contribution in [-0.4, -0.2) is 16.6 Å². The van der Waals surface area contributed by atoms with Crippen LogP contribution in [0.5, 0.6) is 5.88 Å². The summed E-state index contributed by atoms with van der Waals surface area (Å²) in [6, 6.07) is 9.67. The zero-order chi connectivity index (χ0) is 14.5. The molecule has 0 saturated heterocycles. The summed E-state index contributed by atoms with van der Waals surface area (Å²) in [6.45, 7) is 5.95. The van der Waals surface area contributed by atoms with E-state index in [0.717, 1.165) is 11.4 Å². The van der Waals surface area contributed by atoms with E-state index < -0.39 is 0 Å². The summed E-state index contributed by atoms with van der Waals surface area (Å²) in [7, 11) is 0. The van der Waals surface area contributed by atoms with Gasteiger partial charge < -0.3 is 10.1 Å². The van der Waals surface area contributed by atoms with Crippen LogP contribution in [0.2, 0.25) is 0 Å². The summed E-state index contributed by atoms with van der Waals surface area (Å²) >= 11 is 0. The minimum Gasteiger partial charge on any atom is -0.462 e. The Balaban J connectivity index is 2.22. The van der Waals surface area contributed by atoms with Crippen molar-refractivity contribution in [2.45, 2.75) is 20.8 Å². The van der Waals surface area contributed by atoms with E-state index in [-0.39, 0.29) is 6.61 Å². The molecule has 0 unspecified atom stereocenters. The number of ether oxygens (including phenoxy) is 1. The van der Waals surface area contributed by atoms with Crippen molar-refractivity contribution in [1.29, 1.82) is 5.26 Å². The summed E-state index contributed by atoms with van der Waals surface area (Å²) in [4.78, 5) is 8.53. The molecule has 0 atom stereocenters. The molecule has 2 aromatic rings. The zero-order valence-electron chi connectivity index (χ0n) is 11.8. The Morgan fingerprint density at radius 3 is 2.65 bits per heavy atom. The molecule has 0 spiro atoms. The molecule has 0 aliphatic heterocycles. The number of benzene rings is 1. The topological polar surface area (TPSA) is 70.8 Å². The predicted molar refractivity (Wildman–Crippen MR) is 77.1 cm³/mol. The van der Waals surface area contributed by atoms with Crippen molar-refractivity contribution < 1.29 is 4.74 Å². The Kier molecular flexibility index (Phi) is 4.16. The third-order valence-corrected chi connectivity index (χ3v) is 2.88. The van der Waals surface area contributed by atoms with E-state index >= 15 is 0 Å². The highest BCUT2D eigenvalue weighted by atomic mass is 16.5. The van der Waals surface area contributed by atoms with Gasteiger partial charge in [0.05, 0.1) is 0 Å². The molecule has 0 radical (unpaired) electrons. The van der Waals surface area contributed by atoms with Crippen molar-refractivity contribution >= 4 is 11.6 Å². The van der Waals surface area contributed by atoms with E-state index in [4.69, 9.17) is 10.00 Å². The van der Waals surface area contributed by atoms with Crippen molar-refractivity contribution in [2.75, 3.05) is 11.9 Å². The van der Waals surface area contributed by atoms with Gasteiger partial charge in [0.15, 0.2) is 6.61 Å². The Labute approximate surface area is 118 Å². The van der Waals surface area contributed by atoms with E-state index in [1.807, 2.05) is 31.2 Å². The highest BCUT2D eigenvalue weighted by Gasteiger charge is 2.04. The standard InChI is InChI=1S/C15H16N4O/c1-10-4-5-13(8-11(10)2)18-15-17-12(3)9-14(19-15)20-7-6-16/h4-5,8-9H,7H2,1-3H3,(H,17,18,19). The number of nitriles is 1. The highest BCUT2D eigenvalue weighted by molar-refractivity contribution is 5.56. The Bertz CT molecular complexity index is 661. The van der Waals surface area contributed by atoms with E-state index in [2.05, 4.69) is 29.1 Å². The van der Waals surface area contributed by atoms with Gasteiger partial charge in [0.1, 0.15) is 6.07 Å². The normalized spacial score (nSPS) is 9.90. The molecular formula is C15H16N4O. The molecule has 5 nitrogen and oxygen atoms in total. The number of nitrogens with zero attached hydrogens (tertiary/aromatic N) is 3. The molecule has 102 valence electrons. The number of anilines is 2. The Morgan fingerprint density at radius 2 is 1.95 bits per heavy atom. The van der Waals surface area contributed by atoms with Gasteiger partial charge >= 0.3 is 0 Å². The largest absolute Gasteiger partial charge is 0.462 e. The molecule has 0 saturated carbocycles. The summed E-state index contributed by atoms with van der Waals surface area (Å²) in [5.41, 5.74) is 4.13. The number of aromatic nitrogens is 2. The monoisotopic (exact) mass is 268 g/mol. The van der Waals surface area contributed by atoms with Crippen LogP contribution in [0, 0.1) is 32.1 Å². The molecule has 2 rings (SSSR count). The minimum absolute atomic E-state index is 0.0282. The molecule has 1 heterocycles. The van der Waals surface area contributed by atoms with Gasteiger partial charge in [0.25, 0.3) is 0 Å². The van der Waals surface area contributed by atoms with Crippen molar-refractivity contribution in [3.63, 3.8) is 0 Å². The average molecular weight is 268 g/mol. The summed E-state index contributed by atoms with van der Waals surface area (Å²) < 4.78 is 5.20. The lowest BCUT2D eigenvalue weighted by atomic mass is 10.1. The van der Waals surface area contributed by atoms with Crippen LogP contribution in [0.25, 0.3) is 0 Å². The lowest BCUT2D eigenvalue weighted by molar-refractivity contribution is 0.353. The van der Waals surface area contributed by atoms with Crippen LogP contribution in [0.3, 0.4) is 0 Å². The van der Waals surface area contributed by atoms with Gasteiger partial charge in [-0.1, -0.05) is 6.07 Å². The summed E-state index contributed by atoms with van der Waals surface area (Å²) in [6.07, 6.45) is 0. The van der Waals surface area contributed by atoms with Gasteiger partial charge in [-0.2, -0.15) is 10.2 Å². The van der Waals surface area contributed by atoms with Crippen LogP contribution >= 0.6 is 0 Å². The molecule has 0 fully saturated rings. The van der Waals surface area contributed by atoms with Gasteiger partial charge in [0, 0.05) is 17.4 Å². The van der Waals surface area contributed by atoms with Crippen LogP contribution in [0.4, 0.5) is 11.6 Å². The number of hydrogen-bond acceptors (Lipinski definition) is 5. The maximum Gasteiger partial charge on any atom is 0.230 e. The molecule has 1 N–H and O–H groups in total. The second kappa shape index (κ2) is 6.02. The molecular weight excluding hydrogens is 252 g/mol. The molecule has 5 heteroatoms. The van der Waals surface area contributed by atoms with Gasteiger partial charge in [-0.05, 0) is 44.0 Å². The van der Waals surface area contributed by atoms with Crippen molar-refractivity contribution in [3.05, 3.63) is 41.1 Å². The average Bonchev–Trinajstić information content (AvgIpc) is 2.40. The highest BCUT2D eigenvalue weighted by Crippen LogP contribution is 2.19. The summed E-state index contributed by atoms with van der Waals surface area (Å²) in [5, 5.41) is 11.7.